The van der Waals surface area contributed by atoms with Crippen LogP contribution in [0.3, 0.4) is 0 Å². The van der Waals surface area contributed by atoms with Gasteiger partial charge in [0.1, 0.15) is 0 Å². The predicted octanol–water partition coefficient (Wildman–Crippen LogP) is 4.92. The van der Waals surface area contributed by atoms with Crippen molar-refractivity contribution < 1.29 is 4.79 Å². The van der Waals surface area contributed by atoms with Gasteiger partial charge in [-0.05, 0) is 28.5 Å². The highest BCUT2D eigenvalue weighted by Crippen LogP contribution is 2.25. The van der Waals surface area contributed by atoms with Crippen molar-refractivity contribution in [1.29, 1.82) is 0 Å². The molecule has 0 spiro atoms. The Morgan fingerprint density at radius 1 is 0.850 bits per heavy atom. The number of fused-ring (bicyclic) bond motifs is 1. The van der Waals surface area contributed by atoms with Crippen LogP contribution in [0.25, 0.3) is 10.8 Å². The molecule has 0 saturated heterocycles. The molecule has 0 N–H and O–H groups in total. The van der Waals surface area contributed by atoms with Crippen molar-refractivity contribution in [3.8, 4) is 0 Å². The molecule has 0 aliphatic heterocycles. The summed E-state index contributed by atoms with van der Waals surface area (Å²) in [6.07, 6.45) is 0.327. The predicted molar refractivity (Wildman–Crippen MR) is 83.4 cm³/mol. The number of hydrogen-bond donors (Lipinski definition) is 0. The highest BCUT2D eigenvalue weighted by molar-refractivity contribution is 6.32. The van der Waals surface area contributed by atoms with Crippen LogP contribution in [0, 0.1) is 0 Å². The lowest BCUT2D eigenvalue weighted by atomic mass is 10.00. The van der Waals surface area contributed by atoms with Gasteiger partial charge in [-0.15, -0.1) is 0 Å². The number of carbonyl (C=O) groups excluding carboxylic acids is 1. The zero-order valence-electron chi connectivity index (χ0n) is 10.8. The van der Waals surface area contributed by atoms with Crippen molar-refractivity contribution in [2.24, 2.45) is 0 Å². The fraction of sp³-hybridized carbons (Fsp3) is 0.0556. The molecule has 3 aromatic carbocycles. The van der Waals surface area contributed by atoms with Crippen molar-refractivity contribution >= 4 is 28.2 Å². The first kappa shape index (κ1) is 12.9. The van der Waals surface area contributed by atoms with E-state index >= 15 is 0 Å². The largest absolute Gasteiger partial charge is 0.294 e. The van der Waals surface area contributed by atoms with Crippen LogP contribution in [0.15, 0.2) is 66.7 Å². The van der Waals surface area contributed by atoms with E-state index in [9.17, 15) is 4.79 Å². The van der Waals surface area contributed by atoms with Crippen LogP contribution in [-0.4, -0.2) is 5.78 Å². The first-order valence-corrected chi connectivity index (χ1v) is 6.87. The molecule has 2 heteroatoms. The minimum absolute atomic E-state index is 0.0859. The van der Waals surface area contributed by atoms with E-state index in [0.717, 1.165) is 21.9 Å². The first-order chi connectivity index (χ1) is 9.74. The van der Waals surface area contributed by atoms with E-state index in [4.69, 9.17) is 11.6 Å². The van der Waals surface area contributed by atoms with Gasteiger partial charge >= 0.3 is 0 Å². The second-order valence-electron chi connectivity index (χ2n) is 4.76. The van der Waals surface area contributed by atoms with Crippen molar-refractivity contribution in [2.75, 3.05) is 0 Å². The molecule has 3 rings (SSSR count). The zero-order valence-corrected chi connectivity index (χ0v) is 11.6. The number of rotatable bonds is 3. The van der Waals surface area contributed by atoms with E-state index < -0.39 is 0 Å². The lowest BCUT2D eigenvalue weighted by Crippen LogP contribution is -2.03. The summed E-state index contributed by atoms with van der Waals surface area (Å²) in [6, 6.07) is 21.2. The van der Waals surface area contributed by atoms with Crippen LogP contribution >= 0.6 is 11.6 Å². The quantitative estimate of drug-likeness (QED) is 0.623. The Labute approximate surface area is 122 Å². The average molecular weight is 281 g/mol. The normalized spacial score (nSPS) is 10.7. The van der Waals surface area contributed by atoms with E-state index in [0.29, 0.717) is 11.4 Å². The molecule has 0 aliphatic carbocycles. The van der Waals surface area contributed by atoms with Gasteiger partial charge in [0.25, 0.3) is 0 Å². The Kier molecular flexibility index (Phi) is 3.53. The molecule has 0 unspecified atom stereocenters. The highest BCUT2D eigenvalue weighted by atomic mass is 35.5. The minimum atomic E-state index is 0.0859. The van der Waals surface area contributed by atoms with E-state index in [1.165, 1.54) is 0 Å². The molecule has 0 saturated carbocycles. The number of benzene rings is 3. The lowest BCUT2D eigenvalue weighted by Gasteiger charge is -2.06. The monoisotopic (exact) mass is 280 g/mol. The highest BCUT2D eigenvalue weighted by Gasteiger charge is 2.10. The van der Waals surface area contributed by atoms with Gasteiger partial charge in [0, 0.05) is 17.0 Å². The van der Waals surface area contributed by atoms with Gasteiger partial charge in [-0.25, -0.2) is 0 Å². The van der Waals surface area contributed by atoms with E-state index in [-0.39, 0.29) is 5.78 Å². The molecule has 0 amide bonds. The summed E-state index contributed by atoms with van der Waals surface area (Å²) in [6.45, 7) is 0. The van der Waals surface area contributed by atoms with Gasteiger partial charge in [-0.3, -0.25) is 4.79 Å². The summed E-state index contributed by atoms with van der Waals surface area (Å²) in [5.41, 5.74) is 1.59. The van der Waals surface area contributed by atoms with E-state index in [2.05, 4.69) is 0 Å². The summed E-state index contributed by atoms with van der Waals surface area (Å²) in [7, 11) is 0. The van der Waals surface area contributed by atoms with Crippen LogP contribution in [0.2, 0.25) is 5.02 Å². The molecule has 0 radical (unpaired) electrons. The average Bonchev–Trinajstić information content (AvgIpc) is 2.49. The fourth-order valence-corrected chi connectivity index (χ4v) is 2.53. The molecule has 0 aromatic heterocycles. The molecule has 20 heavy (non-hydrogen) atoms. The first-order valence-electron chi connectivity index (χ1n) is 6.49. The number of carbonyl (C=O) groups is 1. The molecule has 98 valence electrons. The molecule has 0 fully saturated rings. The Morgan fingerprint density at radius 3 is 2.15 bits per heavy atom. The summed E-state index contributed by atoms with van der Waals surface area (Å²) in [5, 5.41) is 2.84. The third-order valence-corrected chi connectivity index (χ3v) is 3.71. The van der Waals surface area contributed by atoms with Crippen LogP contribution in [-0.2, 0) is 6.42 Å². The van der Waals surface area contributed by atoms with Gasteiger partial charge in [-0.1, -0.05) is 66.2 Å². The van der Waals surface area contributed by atoms with Crippen molar-refractivity contribution in [3.05, 3.63) is 82.9 Å². The zero-order chi connectivity index (χ0) is 13.9. The summed E-state index contributed by atoms with van der Waals surface area (Å²) in [5.74, 6) is 0.0859. The molecule has 0 heterocycles. The van der Waals surface area contributed by atoms with Crippen LogP contribution in [0.5, 0.6) is 0 Å². The summed E-state index contributed by atoms with van der Waals surface area (Å²) >= 11 is 6.28. The smallest absolute Gasteiger partial charge is 0.167 e. The Morgan fingerprint density at radius 2 is 1.45 bits per heavy atom. The van der Waals surface area contributed by atoms with Gasteiger partial charge in [0.05, 0.1) is 0 Å². The SMILES string of the molecule is O=C(Cc1cc2ccccc2cc1Cl)c1ccccc1. The molecular formula is C18H13ClO. The van der Waals surface area contributed by atoms with Crippen molar-refractivity contribution in [3.63, 3.8) is 0 Å². The number of Topliss-reactive ketones (excluding diaryl/α,β-unsaturated/α-hetero) is 1. The van der Waals surface area contributed by atoms with E-state index in [1.807, 2.05) is 66.7 Å². The summed E-state index contributed by atoms with van der Waals surface area (Å²) < 4.78 is 0. The molecule has 0 aliphatic rings. The maximum absolute atomic E-state index is 12.2. The second-order valence-corrected chi connectivity index (χ2v) is 5.16. The summed E-state index contributed by atoms with van der Waals surface area (Å²) in [4.78, 5) is 12.2. The molecule has 0 atom stereocenters. The number of hydrogen-bond acceptors (Lipinski definition) is 1. The third kappa shape index (κ3) is 2.59. The van der Waals surface area contributed by atoms with Gasteiger partial charge in [0.15, 0.2) is 5.78 Å². The fourth-order valence-electron chi connectivity index (χ4n) is 2.29. The Balaban J connectivity index is 1.95. The maximum atomic E-state index is 12.2. The molecular weight excluding hydrogens is 268 g/mol. The van der Waals surface area contributed by atoms with Crippen LogP contribution in [0.4, 0.5) is 0 Å². The minimum Gasteiger partial charge on any atom is -0.294 e. The van der Waals surface area contributed by atoms with Gasteiger partial charge in [0.2, 0.25) is 0 Å². The van der Waals surface area contributed by atoms with Gasteiger partial charge < -0.3 is 0 Å². The number of ketones is 1. The Hall–Kier alpha value is -2.12. The molecule has 3 aromatic rings. The third-order valence-electron chi connectivity index (χ3n) is 3.36. The van der Waals surface area contributed by atoms with Crippen LogP contribution in [0.1, 0.15) is 15.9 Å². The number of halogens is 1. The van der Waals surface area contributed by atoms with Crippen LogP contribution < -0.4 is 0 Å². The standard InChI is InChI=1S/C18H13ClO/c19-17-11-15-9-5-4-8-14(15)10-16(17)12-18(20)13-6-2-1-3-7-13/h1-11H,12H2. The molecule has 1 nitrogen and oxygen atoms in total. The lowest BCUT2D eigenvalue weighted by molar-refractivity contribution is 0.0993. The Bertz CT molecular complexity index is 763. The topological polar surface area (TPSA) is 17.1 Å². The maximum Gasteiger partial charge on any atom is 0.167 e. The molecule has 0 bridgehead atoms. The van der Waals surface area contributed by atoms with E-state index in [1.54, 1.807) is 0 Å². The van der Waals surface area contributed by atoms with Gasteiger partial charge in [-0.2, -0.15) is 0 Å². The second kappa shape index (κ2) is 5.48. The van der Waals surface area contributed by atoms with Crippen molar-refractivity contribution in [1.82, 2.24) is 0 Å². The van der Waals surface area contributed by atoms with Crippen molar-refractivity contribution in [2.45, 2.75) is 6.42 Å².